The van der Waals surface area contributed by atoms with Crippen molar-refractivity contribution in [3.05, 3.63) is 28.3 Å². The van der Waals surface area contributed by atoms with Crippen LogP contribution in [0.2, 0.25) is 0 Å². The van der Waals surface area contributed by atoms with Gasteiger partial charge in [0, 0.05) is 12.0 Å². The maximum absolute atomic E-state index is 11.1. The molecule has 0 saturated carbocycles. The van der Waals surface area contributed by atoms with Gasteiger partial charge in [0.1, 0.15) is 11.5 Å². The molecule has 0 aliphatic rings. The summed E-state index contributed by atoms with van der Waals surface area (Å²) < 4.78 is 9.77. The highest BCUT2D eigenvalue weighted by Gasteiger charge is 2.14. The minimum absolute atomic E-state index is 0.0872. The Kier molecular flexibility index (Phi) is 3.49. The van der Waals surface area contributed by atoms with Crippen molar-refractivity contribution < 1.29 is 19.1 Å². The van der Waals surface area contributed by atoms with Crippen molar-refractivity contribution in [2.75, 3.05) is 7.11 Å². The summed E-state index contributed by atoms with van der Waals surface area (Å²) >= 11 is 0. The van der Waals surface area contributed by atoms with Crippen LogP contribution in [-0.2, 0) is 4.79 Å². The van der Waals surface area contributed by atoms with Gasteiger partial charge in [-0.15, -0.1) is 0 Å². The summed E-state index contributed by atoms with van der Waals surface area (Å²) in [6.45, 7) is 1.67. The quantitative estimate of drug-likeness (QED) is 0.812. The molecule has 0 saturated heterocycles. The molecule has 1 heterocycles. The Hall–Kier alpha value is -1.78. The van der Waals surface area contributed by atoms with E-state index in [1.165, 1.54) is 19.2 Å². The number of hydrogen-bond acceptors (Lipinski definition) is 4. The van der Waals surface area contributed by atoms with Crippen molar-refractivity contribution in [1.29, 1.82) is 0 Å². The first kappa shape index (κ1) is 11.3. The summed E-state index contributed by atoms with van der Waals surface area (Å²) in [5, 5.41) is 8.59. The zero-order valence-electron chi connectivity index (χ0n) is 8.52. The minimum Gasteiger partial charge on any atom is -0.496 e. The van der Waals surface area contributed by atoms with Crippen molar-refractivity contribution in [2.24, 2.45) is 0 Å². The van der Waals surface area contributed by atoms with E-state index in [1.54, 1.807) is 6.92 Å². The smallest absolute Gasteiger partial charge is 0.339 e. The van der Waals surface area contributed by atoms with E-state index in [1.807, 2.05) is 0 Å². The number of rotatable bonds is 4. The predicted octanol–water partition coefficient (Wildman–Crippen LogP) is 1.23. The highest BCUT2D eigenvalue weighted by atomic mass is 16.5. The van der Waals surface area contributed by atoms with Gasteiger partial charge in [0.2, 0.25) is 0 Å². The van der Waals surface area contributed by atoms with Gasteiger partial charge in [0.05, 0.1) is 19.6 Å². The first-order valence-corrected chi connectivity index (χ1v) is 4.44. The van der Waals surface area contributed by atoms with Crippen LogP contribution >= 0.6 is 0 Å². The number of hydrogen-bond donors (Lipinski definition) is 1. The molecule has 1 rings (SSSR count). The molecule has 15 heavy (non-hydrogen) atoms. The van der Waals surface area contributed by atoms with Crippen molar-refractivity contribution in [1.82, 2.24) is 0 Å². The van der Waals surface area contributed by atoms with Gasteiger partial charge in [-0.05, 0) is 0 Å². The number of carboxylic acid groups (broad SMARTS) is 1. The van der Waals surface area contributed by atoms with Crippen LogP contribution in [-0.4, -0.2) is 18.2 Å². The molecule has 0 bridgehead atoms. The van der Waals surface area contributed by atoms with Crippen LogP contribution in [0.25, 0.3) is 0 Å². The second-order valence-electron chi connectivity index (χ2n) is 3.22. The number of methoxy groups -OCH3 is 1. The van der Waals surface area contributed by atoms with E-state index in [-0.39, 0.29) is 12.3 Å². The number of carboxylic acids is 1. The number of ether oxygens (including phenoxy) is 1. The number of aliphatic carboxylic acids is 1. The van der Waals surface area contributed by atoms with Crippen molar-refractivity contribution in [3.63, 3.8) is 0 Å². The lowest BCUT2D eigenvalue weighted by molar-refractivity contribution is -0.137. The Balaban J connectivity index is 2.98. The Morgan fingerprint density at radius 2 is 2.27 bits per heavy atom. The number of carbonyl (C=O) groups is 1. The lowest BCUT2D eigenvalue weighted by Crippen LogP contribution is -2.07. The van der Waals surface area contributed by atoms with Crippen molar-refractivity contribution in [2.45, 2.75) is 19.3 Å². The average Bonchev–Trinajstić information content (AvgIpc) is 2.15. The summed E-state index contributed by atoms with van der Waals surface area (Å²) in [5.74, 6) is -0.599. The largest absolute Gasteiger partial charge is 0.496 e. The molecule has 0 radical (unpaired) electrons. The molecule has 1 N–H and O–H groups in total. The third kappa shape index (κ3) is 3.12. The first-order valence-electron chi connectivity index (χ1n) is 4.44. The SMILES string of the molecule is COc1cc(C(C)CC(=O)O)oc(=O)c1. The predicted molar refractivity (Wildman–Crippen MR) is 52.2 cm³/mol. The summed E-state index contributed by atoms with van der Waals surface area (Å²) in [7, 11) is 1.43. The maximum atomic E-state index is 11.1. The van der Waals surface area contributed by atoms with Crippen molar-refractivity contribution in [3.8, 4) is 5.75 Å². The Morgan fingerprint density at radius 1 is 1.60 bits per heavy atom. The second kappa shape index (κ2) is 4.63. The summed E-state index contributed by atoms with van der Waals surface area (Å²) in [5.41, 5.74) is -0.540. The van der Waals surface area contributed by atoms with Crippen LogP contribution in [0.1, 0.15) is 25.0 Å². The fraction of sp³-hybridized carbons (Fsp3) is 0.400. The van der Waals surface area contributed by atoms with Crippen LogP contribution in [0.5, 0.6) is 5.75 Å². The monoisotopic (exact) mass is 212 g/mol. The zero-order valence-corrected chi connectivity index (χ0v) is 8.52. The molecule has 0 aliphatic heterocycles. The molecular formula is C10H12O5. The molecule has 5 heteroatoms. The normalized spacial score (nSPS) is 12.1. The van der Waals surface area contributed by atoms with E-state index >= 15 is 0 Å². The lowest BCUT2D eigenvalue weighted by Gasteiger charge is -2.08. The van der Waals surface area contributed by atoms with Gasteiger partial charge in [0.25, 0.3) is 0 Å². The molecule has 5 nitrogen and oxygen atoms in total. The molecule has 1 aromatic heterocycles. The van der Waals surface area contributed by atoms with Gasteiger partial charge in [-0.1, -0.05) is 6.92 Å². The minimum atomic E-state index is -0.937. The topological polar surface area (TPSA) is 76.7 Å². The van der Waals surface area contributed by atoms with Gasteiger partial charge in [-0.25, -0.2) is 4.79 Å². The Morgan fingerprint density at radius 3 is 2.80 bits per heavy atom. The van der Waals surface area contributed by atoms with Gasteiger partial charge in [-0.3, -0.25) is 4.79 Å². The van der Waals surface area contributed by atoms with Crippen LogP contribution in [0.15, 0.2) is 21.3 Å². The Bertz CT molecular complexity index is 407. The van der Waals surface area contributed by atoms with Crippen LogP contribution < -0.4 is 10.4 Å². The summed E-state index contributed by atoms with van der Waals surface area (Å²) in [6.07, 6.45) is -0.0872. The third-order valence-electron chi connectivity index (χ3n) is 1.97. The van der Waals surface area contributed by atoms with Crippen LogP contribution in [0.3, 0.4) is 0 Å². The van der Waals surface area contributed by atoms with Crippen LogP contribution in [0.4, 0.5) is 0 Å². The second-order valence-corrected chi connectivity index (χ2v) is 3.22. The highest BCUT2D eigenvalue weighted by Crippen LogP contribution is 2.21. The van der Waals surface area contributed by atoms with E-state index in [0.29, 0.717) is 11.5 Å². The lowest BCUT2D eigenvalue weighted by atomic mass is 10.0. The molecule has 82 valence electrons. The standard InChI is InChI=1S/C10H12O5/c1-6(3-9(11)12)8-4-7(14-2)5-10(13)15-8/h4-6H,3H2,1-2H3,(H,11,12). The molecule has 0 aromatic carbocycles. The molecule has 1 atom stereocenters. The molecule has 0 amide bonds. The zero-order chi connectivity index (χ0) is 11.4. The van der Waals surface area contributed by atoms with E-state index < -0.39 is 11.6 Å². The highest BCUT2D eigenvalue weighted by molar-refractivity contribution is 5.67. The van der Waals surface area contributed by atoms with Crippen molar-refractivity contribution >= 4 is 5.97 Å². The van der Waals surface area contributed by atoms with Gasteiger partial charge >= 0.3 is 11.6 Å². The van der Waals surface area contributed by atoms with E-state index in [4.69, 9.17) is 14.3 Å². The third-order valence-corrected chi connectivity index (χ3v) is 1.97. The van der Waals surface area contributed by atoms with E-state index in [9.17, 15) is 9.59 Å². The van der Waals surface area contributed by atoms with Gasteiger partial charge in [-0.2, -0.15) is 0 Å². The fourth-order valence-corrected chi connectivity index (χ4v) is 1.20. The molecule has 0 fully saturated rings. The molecule has 1 aromatic rings. The summed E-state index contributed by atoms with van der Waals surface area (Å²) in [4.78, 5) is 21.5. The van der Waals surface area contributed by atoms with Crippen LogP contribution in [0, 0.1) is 0 Å². The maximum Gasteiger partial charge on any atom is 0.339 e. The molecule has 0 aliphatic carbocycles. The first-order chi connectivity index (χ1) is 7.02. The van der Waals surface area contributed by atoms with Gasteiger partial charge < -0.3 is 14.3 Å². The molecule has 1 unspecified atom stereocenters. The average molecular weight is 212 g/mol. The van der Waals surface area contributed by atoms with E-state index in [0.717, 1.165) is 0 Å². The molecule has 0 spiro atoms. The van der Waals surface area contributed by atoms with E-state index in [2.05, 4.69) is 0 Å². The molecular weight excluding hydrogens is 200 g/mol. The summed E-state index contributed by atoms with van der Waals surface area (Å²) in [6, 6.07) is 2.73. The fourth-order valence-electron chi connectivity index (χ4n) is 1.20. The van der Waals surface area contributed by atoms with Gasteiger partial charge in [0.15, 0.2) is 0 Å². The Labute approximate surface area is 86.3 Å².